The Kier molecular flexibility index (Phi) is 8.30. The van der Waals surface area contributed by atoms with Gasteiger partial charge in [0.25, 0.3) is 0 Å². The van der Waals surface area contributed by atoms with Crippen molar-refractivity contribution >= 4 is 5.69 Å². The maximum Gasteiger partial charge on any atom is 0.0589 e. The summed E-state index contributed by atoms with van der Waals surface area (Å²) in [6, 6.07) is 8.75. The molecular formula is C16H29N3O2. The fraction of sp³-hybridized carbons (Fsp3) is 0.625. The second-order valence-electron chi connectivity index (χ2n) is 5.26. The third-order valence-corrected chi connectivity index (χ3v) is 3.62. The smallest absolute Gasteiger partial charge is 0.0589 e. The Bertz CT molecular complexity index is 374. The molecule has 5 heteroatoms. The minimum Gasteiger partial charge on any atom is -0.383 e. The van der Waals surface area contributed by atoms with Gasteiger partial charge < -0.3 is 20.1 Å². The van der Waals surface area contributed by atoms with Gasteiger partial charge in [-0.25, -0.2) is 0 Å². The SMILES string of the molecule is COCCN(CCOC)C(CN)c1ccc(N(C)C)cc1. The van der Waals surface area contributed by atoms with Gasteiger partial charge in [0.05, 0.1) is 13.2 Å². The van der Waals surface area contributed by atoms with Crippen LogP contribution in [0.1, 0.15) is 11.6 Å². The van der Waals surface area contributed by atoms with Gasteiger partial charge in [-0.15, -0.1) is 0 Å². The molecule has 0 amide bonds. The molecule has 0 heterocycles. The molecule has 0 radical (unpaired) electrons. The van der Waals surface area contributed by atoms with Gasteiger partial charge in [0, 0.05) is 59.7 Å². The van der Waals surface area contributed by atoms with Crippen LogP contribution in [-0.2, 0) is 9.47 Å². The predicted octanol–water partition coefficient (Wildman–Crippen LogP) is 1.35. The highest BCUT2D eigenvalue weighted by Crippen LogP contribution is 2.22. The van der Waals surface area contributed by atoms with Crippen molar-refractivity contribution < 1.29 is 9.47 Å². The van der Waals surface area contributed by atoms with E-state index in [1.54, 1.807) is 14.2 Å². The molecule has 0 aromatic heterocycles. The largest absolute Gasteiger partial charge is 0.383 e. The van der Waals surface area contributed by atoms with Crippen molar-refractivity contribution in [3.63, 3.8) is 0 Å². The number of ether oxygens (including phenoxy) is 2. The molecule has 0 spiro atoms. The van der Waals surface area contributed by atoms with E-state index >= 15 is 0 Å². The molecule has 5 nitrogen and oxygen atoms in total. The highest BCUT2D eigenvalue weighted by molar-refractivity contribution is 5.46. The van der Waals surface area contributed by atoms with Crippen LogP contribution >= 0.6 is 0 Å². The number of rotatable bonds is 10. The second-order valence-corrected chi connectivity index (χ2v) is 5.26. The molecule has 21 heavy (non-hydrogen) atoms. The summed E-state index contributed by atoms with van der Waals surface area (Å²) in [7, 11) is 7.52. The van der Waals surface area contributed by atoms with E-state index in [1.165, 1.54) is 11.3 Å². The average molecular weight is 295 g/mol. The lowest BCUT2D eigenvalue weighted by Gasteiger charge is -2.31. The van der Waals surface area contributed by atoms with Crippen molar-refractivity contribution in [2.24, 2.45) is 5.73 Å². The summed E-state index contributed by atoms with van der Waals surface area (Å²) in [6.07, 6.45) is 0. The Balaban J connectivity index is 2.84. The highest BCUT2D eigenvalue weighted by Gasteiger charge is 2.18. The molecule has 0 aliphatic rings. The van der Waals surface area contributed by atoms with Crippen molar-refractivity contribution in [2.75, 3.05) is 66.1 Å². The fourth-order valence-corrected chi connectivity index (χ4v) is 2.33. The van der Waals surface area contributed by atoms with E-state index < -0.39 is 0 Å². The third-order valence-electron chi connectivity index (χ3n) is 3.62. The van der Waals surface area contributed by atoms with Crippen LogP contribution in [0.15, 0.2) is 24.3 Å². The van der Waals surface area contributed by atoms with Gasteiger partial charge in [0.2, 0.25) is 0 Å². The number of hydrogen-bond acceptors (Lipinski definition) is 5. The Hall–Kier alpha value is -1.14. The van der Waals surface area contributed by atoms with Gasteiger partial charge in [-0.2, -0.15) is 0 Å². The third kappa shape index (κ3) is 5.63. The molecule has 0 saturated carbocycles. The van der Waals surface area contributed by atoms with Crippen LogP contribution in [0.4, 0.5) is 5.69 Å². The first-order chi connectivity index (χ1) is 10.1. The maximum atomic E-state index is 6.01. The summed E-state index contributed by atoms with van der Waals surface area (Å²) in [5.41, 5.74) is 8.43. The summed E-state index contributed by atoms with van der Waals surface area (Å²) in [5, 5.41) is 0. The van der Waals surface area contributed by atoms with Gasteiger partial charge in [0.15, 0.2) is 0 Å². The average Bonchev–Trinajstić information content (AvgIpc) is 2.50. The fourth-order valence-electron chi connectivity index (χ4n) is 2.33. The molecule has 120 valence electrons. The van der Waals surface area contributed by atoms with Gasteiger partial charge in [-0.05, 0) is 17.7 Å². The Morgan fingerprint density at radius 2 is 1.52 bits per heavy atom. The lowest BCUT2D eigenvalue weighted by Crippen LogP contribution is -2.38. The molecule has 1 aromatic rings. The van der Waals surface area contributed by atoms with Crippen LogP contribution in [0, 0.1) is 0 Å². The first-order valence-electron chi connectivity index (χ1n) is 7.33. The minimum atomic E-state index is 0.187. The maximum absolute atomic E-state index is 6.01. The molecular weight excluding hydrogens is 266 g/mol. The van der Waals surface area contributed by atoms with Crippen LogP contribution in [0.5, 0.6) is 0 Å². The molecule has 0 aliphatic carbocycles. The van der Waals surface area contributed by atoms with Crippen molar-refractivity contribution in [3.8, 4) is 0 Å². The molecule has 2 N–H and O–H groups in total. The normalized spacial score (nSPS) is 12.7. The van der Waals surface area contributed by atoms with Crippen LogP contribution < -0.4 is 10.6 Å². The van der Waals surface area contributed by atoms with Gasteiger partial charge >= 0.3 is 0 Å². The first-order valence-corrected chi connectivity index (χ1v) is 7.33. The van der Waals surface area contributed by atoms with E-state index in [2.05, 4.69) is 34.1 Å². The molecule has 0 fully saturated rings. The second kappa shape index (κ2) is 9.73. The molecule has 0 saturated heterocycles. The van der Waals surface area contributed by atoms with Crippen LogP contribution in [0.25, 0.3) is 0 Å². The number of methoxy groups -OCH3 is 2. The lowest BCUT2D eigenvalue weighted by molar-refractivity contribution is 0.0891. The molecule has 1 rings (SSSR count). The summed E-state index contributed by atoms with van der Waals surface area (Å²) in [6.45, 7) is 3.65. The first kappa shape index (κ1) is 17.9. The van der Waals surface area contributed by atoms with E-state index in [0.717, 1.165) is 13.1 Å². The van der Waals surface area contributed by atoms with Crippen molar-refractivity contribution in [1.82, 2.24) is 4.90 Å². The molecule has 1 aromatic carbocycles. The summed E-state index contributed by atoms with van der Waals surface area (Å²) < 4.78 is 10.4. The van der Waals surface area contributed by atoms with E-state index in [4.69, 9.17) is 15.2 Å². The van der Waals surface area contributed by atoms with Crippen LogP contribution in [-0.4, -0.2) is 66.1 Å². The predicted molar refractivity (Wildman–Crippen MR) is 87.9 cm³/mol. The number of anilines is 1. The Labute approximate surface area is 128 Å². The summed E-state index contributed by atoms with van der Waals surface area (Å²) in [4.78, 5) is 4.41. The van der Waals surface area contributed by atoms with Gasteiger partial charge in [-0.1, -0.05) is 12.1 Å². The zero-order valence-corrected chi connectivity index (χ0v) is 13.7. The zero-order valence-electron chi connectivity index (χ0n) is 13.7. The van der Waals surface area contributed by atoms with E-state index in [-0.39, 0.29) is 6.04 Å². The standard InChI is InChI=1S/C16H29N3O2/c1-18(2)15-7-5-14(6-8-15)16(13-17)19(9-11-20-3)10-12-21-4/h5-8,16H,9-13,17H2,1-4H3. The highest BCUT2D eigenvalue weighted by atomic mass is 16.5. The number of nitrogens with zero attached hydrogens (tertiary/aromatic N) is 2. The monoisotopic (exact) mass is 295 g/mol. The van der Waals surface area contributed by atoms with E-state index in [1.807, 2.05) is 14.1 Å². The van der Waals surface area contributed by atoms with E-state index in [0.29, 0.717) is 19.8 Å². The number of benzene rings is 1. The summed E-state index contributed by atoms with van der Waals surface area (Å²) in [5.74, 6) is 0. The summed E-state index contributed by atoms with van der Waals surface area (Å²) >= 11 is 0. The molecule has 1 atom stereocenters. The number of nitrogens with two attached hydrogens (primary N) is 1. The topological polar surface area (TPSA) is 51.0 Å². The minimum absolute atomic E-state index is 0.187. The van der Waals surface area contributed by atoms with E-state index in [9.17, 15) is 0 Å². The Morgan fingerprint density at radius 1 is 1.00 bits per heavy atom. The zero-order chi connectivity index (χ0) is 15.7. The lowest BCUT2D eigenvalue weighted by atomic mass is 10.0. The quantitative estimate of drug-likeness (QED) is 0.706. The molecule has 0 aliphatic heterocycles. The van der Waals surface area contributed by atoms with Crippen LogP contribution in [0.2, 0.25) is 0 Å². The Morgan fingerprint density at radius 3 is 1.90 bits per heavy atom. The number of hydrogen-bond donors (Lipinski definition) is 1. The van der Waals surface area contributed by atoms with Gasteiger partial charge in [0.1, 0.15) is 0 Å². The van der Waals surface area contributed by atoms with Crippen LogP contribution in [0.3, 0.4) is 0 Å². The van der Waals surface area contributed by atoms with Crippen molar-refractivity contribution in [2.45, 2.75) is 6.04 Å². The van der Waals surface area contributed by atoms with Crippen molar-refractivity contribution in [1.29, 1.82) is 0 Å². The molecule has 1 unspecified atom stereocenters. The molecule has 0 bridgehead atoms. The van der Waals surface area contributed by atoms with Crippen molar-refractivity contribution in [3.05, 3.63) is 29.8 Å². The van der Waals surface area contributed by atoms with Gasteiger partial charge in [-0.3, -0.25) is 4.90 Å².